The highest BCUT2D eigenvalue weighted by atomic mass is 16.6. The van der Waals surface area contributed by atoms with Crippen molar-refractivity contribution in [1.82, 2.24) is 0 Å². The Kier molecular flexibility index (Phi) is 11.4. The molecule has 31 heavy (non-hydrogen) atoms. The molecule has 0 radical (unpaired) electrons. The standard InChI is InChI=1S/C25H38O6/c1-10-18(5)22(26)30-20(16-17(4)14-13-15-25(9,29)12-3)21(24(7,8)28)31-23(27)19(6)11-2/h10-15,20-21,28-29H,3,16H2,1-2,4-9H3/b15-13+,17-14+,18-10-,19-11-/t20-,21+,25-/m0/s1. The summed E-state index contributed by atoms with van der Waals surface area (Å²) >= 11 is 0. The van der Waals surface area contributed by atoms with Crippen LogP contribution in [0.2, 0.25) is 0 Å². The quantitative estimate of drug-likeness (QED) is 0.217. The van der Waals surface area contributed by atoms with Crippen molar-refractivity contribution in [1.29, 1.82) is 0 Å². The maximum Gasteiger partial charge on any atom is 0.333 e. The molecule has 0 aliphatic carbocycles. The first-order chi connectivity index (χ1) is 14.2. The molecule has 0 aromatic heterocycles. The summed E-state index contributed by atoms with van der Waals surface area (Å²) in [6.07, 6.45) is 7.80. The monoisotopic (exact) mass is 434 g/mol. The molecule has 0 unspecified atom stereocenters. The lowest BCUT2D eigenvalue weighted by Gasteiger charge is -2.35. The Hall–Kier alpha value is -2.44. The molecule has 0 fully saturated rings. The largest absolute Gasteiger partial charge is 0.455 e. The summed E-state index contributed by atoms with van der Waals surface area (Å²) in [5.41, 5.74) is -1.05. The molecule has 0 rings (SSSR count). The molecule has 0 aromatic carbocycles. The lowest BCUT2D eigenvalue weighted by molar-refractivity contribution is -0.182. The second-order valence-corrected chi connectivity index (χ2v) is 8.37. The molecule has 0 aromatic rings. The van der Waals surface area contributed by atoms with Crippen molar-refractivity contribution in [2.75, 3.05) is 0 Å². The van der Waals surface area contributed by atoms with Gasteiger partial charge in [0.1, 0.15) is 6.10 Å². The number of ether oxygens (including phenoxy) is 2. The highest BCUT2D eigenvalue weighted by Gasteiger charge is 2.40. The zero-order valence-corrected chi connectivity index (χ0v) is 20.1. The molecule has 2 N–H and O–H groups in total. The van der Waals surface area contributed by atoms with Crippen molar-refractivity contribution < 1.29 is 29.3 Å². The molecule has 0 amide bonds. The number of carbonyl (C=O) groups excluding carboxylic acids is 2. The third-order valence-electron chi connectivity index (χ3n) is 4.79. The first kappa shape index (κ1) is 28.6. The van der Waals surface area contributed by atoms with Gasteiger partial charge in [-0.05, 0) is 61.5 Å². The summed E-state index contributed by atoms with van der Waals surface area (Å²) in [4.78, 5) is 24.9. The molecule has 0 saturated heterocycles. The average molecular weight is 435 g/mol. The van der Waals surface area contributed by atoms with Gasteiger partial charge in [0.2, 0.25) is 0 Å². The lowest BCUT2D eigenvalue weighted by Crippen LogP contribution is -2.49. The van der Waals surface area contributed by atoms with Crippen molar-refractivity contribution in [3.05, 3.63) is 59.8 Å². The Balaban J connectivity index is 6.00. The molecule has 0 aliphatic rings. The smallest absolute Gasteiger partial charge is 0.333 e. The molecular weight excluding hydrogens is 396 g/mol. The second kappa shape index (κ2) is 12.4. The van der Waals surface area contributed by atoms with Crippen molar-refractivity contribution in [3.63, 3.8) is 0 Å². The van der Waals surface area contributed by atoms with Crippen LogP contribution in [-0.4, -0.2) is 45.6 Å². The first-order valence-electron chi connectivity index (χ1n) is 10.3. The summed E-state index contributed by atoms with van der Waals surface area (Å²) in [5.74, 6) is -1.15. The Morgan fingerprint density at radius 3 is 1.87 bits per heavy atom. The van der Waals surface area contributed by atoms with Gasteiger partial charge in [-0.25, -0.2) is 9.59 Å². The van der Waals surface area contributed by atoms with E-state index in [0.717, 1.165) is 5.57 Å². The first-order valence-corrected chi connectivity index (χ1v) is 10.3. The van der Waals surface area contributed by atoms with Crippen molar-refractivity contribution in [2.45, 2.75) is 85.2 Å². The van der Waals surface area contributed by atoms with Gasteiger partial charge in [-0.3, -0.25) is 0 Å². The number of rotatable bonds is 11. The van der Waals surface area contributed by atoms with Crippen LogP contribution >= 0.6 is 0 Å². The van der Waals surface area contributed by atoms with Crippen LogP contribution in [0.1, 0.15) is 61.8 Å². The molecule has 6 nitrogen and oxygen atoms in total. The van der Waals surface area contributed by atoms with E-state index in [0.29, 0.717) is 11.1 Å². The minimum atomic E-state index is -1.47. The fourth-order valence-electron chi connectivity index (χ4n) is 2.42. The third kappa shape index (κ3) is 10.4. The van der Waals surface area contributed by atoms with E-state index in [1.54, 1.807) is 65.0 Å². The summed E-state index contributed by atoms with van der Waals surface area (Å²) in [5, 5.41) is 20.7. The van der Waals surface area contributed by atoms with Crippen LogP contribution < -0.4 is 0 Å². The highest BCUT2D eigenvalue weighted by Crippen LogP contribution is 2.25. The number of esters is 2. The van der Waals surface area contributed by atoms with Crippen LogP contribution in [-0.2, 0) is 19.1 Å². The highest BCUT2D eigenvalue weighted by molar-refractivity contribution is 5.88. The van der Waals surface area contributed by atoms with E-state index in [-0.39, 0.29) is 6.42 Å². The molecule has 174 valence electrons. The van der Waals surface area contributed by atoms with E-state index in [1.165, 1.54) is 19.9 Å². The summed E-state index contributed by atoms with van der Waals surface area (Å²) in [6.45, 7) is 16.6. The van der Waals surface area contributed by atoms with Crippen LogP contribution in [0.15, 0.2) is 59.8 Å². The summed E-state index contributed by atoms with van der Waals surface area (Å²) in [7, 11) is 0. The summed E-state index contributed by atoms with van der Waals surface area (Å²) < 4.78 is 11.2. The molecule has 6 heteroatoms. The Bertz CT molecular complexity index is 759. The van der Waals surface area contributed by atoms with Crippen LogP contribution in [0, 0.1) is 0 Å². The SMILES string of the molecule is C=C[C@](C)(O)/C=C/C=C(\C)C[C@H](OC(=O)/C(C)=C\C)[C@@H](OC(=O)/C(C)=C\C)C(C)(C)O. The second-order valence-electron chi connectivity index (χ2n) is 8.37. The molecule has 0 heterocycles. The fourth-order valence-corrected chi connectivity index (χ4v) is 2.42. The number of allylic oxidation sites excluding steroid dienone is 4. The molecule has 0 saturated carbocycles. The molecule has 0 aliphatic heterocycles. The fraction of sp³-hybridized carbons (Fsp3) is 0.520. The average Bonchev–Trinajstić information content (AvgIpc) is 2.68. The topological polar surface area (TPSA) is 93.1 Å². The van der Waals surface area contributed by atoms with Gasteiger partial charge in [-0.15, -0.1) is 0 Å². The zero-order valence-electron chi connectivity index (χ0n) is 20.1. The van der Waals surface area contributed by atoms with E-state index in [1.807, 2.05) is 6.92 Å². The van der Waals surface area contributed by atoms with Crippen molar-refractivity contribution >= 4 is 11.9 Å². The van der Waals surface area contributed by atoms with Gasteiger partial charge in [0, 0.05) is 17.6 Å². The number of hydrogen-bond acceptors (Lipinski definition) is 6. The number of aliphatic hydroxyl groups is 2. The van der Waals surface area contributed by atoms with Gasteiger partial charge in [-0.1, -0.05) is 42.5 Å². The zero-order chi connectivity index (χ0) is 24.4. The van der Waals surface area contributed by atoms with E-state index in [9.17, 15) is 19.8 Å². The van der Waals surface area contributed by atoms with Crippen molar-refractivity contribution in [2.24, 2.45) is 0 Å². The van der Waals surface area contributed by atoms with Crippen LogP contribution in [0.4, 0.5) is 0 Å². The predicted octanol–water partition coefficient (Wildman–Crippen LogP) is 4.34. The van der Waals surface area contributed by atoms with Crippen LogP contribution in [0.5, 0.6) is 0 Å². The van der Waals surface area contributed by atoms with Crippen molar-refractivity contribution in [3.8, 4) is 0 Å². The minimum Gasteiger partial charge on any atom is -0.455 e. The van der Waals surface area contributed by atoms with Crippen LogP contribution in [0.3, 0.4) is 0 Å². The normalized spacial score (nSPS) is 17.7. The van der Waals surface area contributed by atoms with E-state index < -0.39 is 35.3 Å². The maximum atomic E-state index is 12.5. The Morgan fingerprint density at radius 2 is 1.45 bits per heavy atom. The van der Waals surface area contributed by atoms with Gasteiger partial charge in [0.05, 0.1) is 11.2 Å². The van der Waals surface area contributed by atoms with Crippen LogP contribution in [0.25, 0.3) is 0 Å². The van der Waals surface area contributed by atoms with Gasteiger partial charge >= 0.3 is 11.9 Å². The van der Waals surface area contributed by atoms with E-state index >= 15 is 0 Å². The molecular formula is C25H38O6. The summed E-state index contributed by atoms with van der Waals surface area (Å²) in [6, 6.07) is 0. The molecule has 0 spiro atoms. The number of hydrogen-bond donors (Lipinski definition) is 2. The van der Waals surface area contributed by atoms with Gasteiger partial charge in [0.15, 0.2) is 6.10 Å². The molecule has 3 atom stereocenters. The lowest BCUT2D eigenvalue weighted by atomic mass is 9.92. The van der Waals surface area contributed by atoms with Gasteiger partial charge in [-0.2, -0.15) is 0 Å². The van der Waals surface area contributed by atoms with Gasteiger partial charge < -0.3 is 19.7 Å². The van der Waals surface area contributed by atoms with E-state index in [4.69, 9.17) is 9.47 Å². The third-order valence-corrected chi connectivity index (χ3v) is 4.79. The minimum absolute atomic E-state index is 0.208. The van der Waals surface area contributed by atoms with Gasteiger partial charge in [0.25, 0.3) is 0 Å². The predicted molar refractivity (Wildman–Crippen MR) is 123 cm³/mol. The maximum absolute atomic E-state index is 12.5. The van der Waals surface area contributed by atoms with E-state index in [2.05, 4.69) is 6.58 Å². The number of carbonyl (C=O) groups is 2. The molecule has 0 bridgehead atoms. The Morgan fingerprint density at radius 1 is 0.968 bits per heavy atom. The Labute approximate surface area is 186 Å².